The van der Waals surface area contributed by atoms with Crippen LogP contribution >= 0.6 is 15.9 Å². The van der Waals surface area contributed by atoms with Gasteiger partial charge in [-0.2, -0.15) is 0 Å². The predicted molar refractivity (Wildman–Crippen MR) is 88.6 cm³/mol. The molecule has 5 aliphatic rings. The maximum absolute atomic E-state index is 13.1. The highest BCUT2D eigenvalue weighted by molar-refractivity contribution is 9.10. The summed E-state index contributed by atoms with van der Waals surface area (Å²) in [5.74, 6) is 1.72. The van der Waals surface area contributed by atoms with E-state index in [1.807, 2.05) is 6.92 Å². The average molecular weight is 390 g/mol. The standard InChI is InChI=1S/C16H24BrNO3S/c1-14(2-3-22(20,21)10-14)18-13(19)15-5-11-4-12(6-15)8-16(17,7-11)9-15/h11-12H,2-10H2,1H3,(H,18,19)/t11-,12-,14-,15?,16?/m1/s1. The second kappa shape index (κ2) is 4.50. The van der Waals surface area contributed by atoms with Crippen LogP contribution in [0.25, 0.3) is 0 Å². The Labute approximate surface area is 140 Å². The fourth-order valence-corrected chi connectivity index (χ4v) is 9.48. The number of amides is 1. The highest BCUT2D eigenvalue weighted by atomic mass is 79.9. The zero-order valence-corrected chi connectivity index (χ0v) is 15.4. The lowest BCUT2D eigenvalue weighted by atomic mass is 9.49. The highest BCUT2D eigenvalue weighted by Gasteiger charge is 2.60. The van der Waals surface area contributed by atoms with E-state index in [9.17, 15) is 13.2 Å². The molecule has 0 spiro atoms. The predicted octanol–water partition coefficient (Wildman–Crippen LogP) is 2.41. The number of alkyl halides is 1. The molecule has 0 aromatic rings. The van der Waals surface area contributed by atoms with Crippen molar-refractivity contribution in [2.24, 2.45) is 17.3 Å². The molecule has 5 fully saturated rings. The normalized spacial score (nSPS) is 51.9. The van der Waals surface area contributed by atoms with Gasteiger partial charge in [-0.05, 0) is 63.7 Å². The van der Waals surface area contributed by atoms with Gasteiger partial charge in [0.2, 0.25) is 5.91 Å². The summed E-state index contributed by atoms with van der Waals surface area (Å²) in [6.45, 7) is 1.89. The monoisotopic (exact) mass is 389 g/mol. The van der Waals surface area contributed by atoms with Crippen molar-refractivity contribution in [1.82, 2.24) is 5.32 Å². The first-order chi connectivity index (χ1) is 10.1. The van der Waals surface area contributed by atoms with Crippen molar-refractivity contribution in [2.75, 3.05) is 11.5 Å². The molecule has 22 heavy (non-hydrogen) atoms. The van der Waals surface area contributed by atoms with Crippen molar-refractivity contribution in [3.63, 3.8) is 0 Å². The van der Waals surface area contributed by atoms with Crippen molar-refractivity contribution in [3.8, 4) is 0 Å². The number of nitrogens with one attached hydrogen (secondary N) is 1. The van der Waals surface area contributed by atoms with Gasteiger partial charge < -0.3 is 5.32 Å². The van der Waals surface area contributed by atoms with Crippen LogP contribution in [-0.2, 0) is 14.6 Å². The van der Waals surface area contributed by atoms with E-state index in [-0.39, 0.29) is 27.2 Å². The van der Waals surface area contributed by atoms with E-state index >= 15 is 0 Å². The molecule has 5 rings (SSSR count). The van der Waals surface area contributed by atoms with E-state index in [1.54, 1.807) is 0 Å². The van der Waals surface area contributed by atoms with Crippen LogP contribution in [0, 0.1) is 17.3 Å². The third-order valence-corrected chi connectivity index (χ3v) is 9.22. The number of carbonyl (C=O) groups excluding carboxylic acids is 1. The topological polar surface area (TPSA) is 63.2 Å². The molecular formula is C16H24BrNO3S. The van der Waals surface area contributed by atoms with E-state index < -0.39 is 15.4 Å². The molecule has 0 unspecified atom stereocenters. The zero-order chi connectivity index (χ0) is 15.8. The van der Waals surface area contributed by atoms with Crippen molar-refractivity contribution in [2.45, 2.75) is 61.7 Å². The number of halogens is 1. The molecule has 1 saturated heterocycles. The van der Waals surface area contributed by atoms with Gasteiger partial charge in [0.05, 0.1) is 22.5 Å². The second-order valence-electron chi connectivity index (χ2n) is 8.75. The Morgan fingerprint density at radius 1 is 1.18 bits per heavy atom. The number of hydrogen-bond acceptors (Lipinski definition) is 3. The summed E-state index contributed by atoms with van der Waals surface area (Å²) >= 11 is 3.93. The summed E-state index contributed by atoms with van der Waals surface area (Å²) in [4.78, 5) is 13.1. The number of carbonyl (C=O) groups is 1. The Hall–Kier alpha value is -0.100. The van der Waals surface area contributed by atoms with Crippen LogP contribution in [0.15, 0.2) is 0 Å². The van der Waals surface area contributed by atoms with Crippen LogP contribution in [0.1, 0.15) is 51.9 Å². The van der Waals surface area contributed by atoms with Crippen LogP contribution in [0.4, 0.5) is 0 Å². The van der Waals surface area contributed by atoms with E-state index in [4.69, 9.17) is 0 Å². The molecule has 0 aromatic heterocycles. The Kier molecular flexibility index (Phi) is 3.15. The zero-order valence-electron chi connectivity index (χ0n) is 13.0. The average Bonchev–Trinajstić information content (AvgIpc) is 2.60. The molecule has 4 nitrogen and oxygen atoms in total. The lowest BCUT2D eigenvalue weighted by molar-refractivity contribution is -0.145. The van der Waals surface area contributed by atoms with E-state index in [2.05, 4.69) is 21.2 Å². The van der Waals surface area contributed by atoms with Gasteiger partial charge in [-0.25, -0.2) is 8.42 Å². The van der Waals surface area contributed by atoms with Crippen molar-refractivity contribution in [3.05, 3.63) is 0 Å². The van der Waals surface area contributed by atoms with Gasteiger partial charge in [0.1, 0.15) is 0 Å². The van der Waals surface area contributed by atoms with Crippen molar-refractivity contribution >= 4 is 31.7 Å². The summed E-state index contributed by atoms with van der Waals surface area (Å²) < 4.78 is 23.7. The van der Waals surface area contributed by atoms with Crippen molar-refractivity contribution in [1.29, 1.82) is 0 Å². The molecule has 6 heteroatoms. The van der Waals surface area contributed by atoms with Gasteiger partial charge in [0, 0.05) is 4.32 Å². The molecule has 0 radical (unpaired) electrons. The van der Waals surface area contributed by atoms with Crippen molar-refractivity contribution < 1.29 is 13.2 Å². The molecule has 3 atom stereocenters. The second-order valence-corrected chi connectivity index (χ2v) is 12.6. The maximum atomic E-state index is 13.1. The van der Waals surface area contributed by atoms with Gasteiger partial charge >= 0.3 is 0 Å². The number of rotatable bonds is 2. The summed E-state index contributed by atoms with van der Waals surface area (Å²) in [7, 11) is -2.99. The molecule has 4 aliphatic carbocycles. The van der Waals surface area contributed by atoms with Gasteiger partial charge in [0.15, 0.2) is 9.84 Å². The van der Waals surface area contributed by atoms with Crippen LogP contribution in [0.2, 0.25) is 0 Å². The third-order valence-electron chi connectivity index (χ3n) is 6.39. The molecule has 124 valence electrons. The van der Waals surface area contributed by atoms with Gasteiger partial charge in [0.25, 0.3) is 0 Å². The fraction of sp³-hybridized carbons (Fsp3) is 0.938. The molecule has 1 amide bonds. The number of sulfone groups is 1. The Bertz CT molecular complexity index is 617. The van der Waals surface area contributed by atoms with E-state index in [0.717, 1.165) is 19.3 Å². The minimum Gasteiger partial charge on any atom is -0.349 e. The van der Waals surface area contributed by atoms with Crippen LogP contribution < -0.4 is 5.32 Å². The summed E-state index contributed by atoms with van der Waals surface area (Å²) in [5, 5.41) is 3.15. The van der Waals surface area contributed by atoms with Gasteiger partial charge in [-0.1, -0.05) is 15.9 Å². The molecule has 0 aromatic carbocycles. The molecular weight excluding hydrogens is 366 g/mol. The third kappa shape index (κ3) is 2.45. The quantitative estimate of drug-likeness (QED) is 0.737. The van der Waals surface area contributed by atoms with E-state index in [1.165, 1.54) is 19.3 Å². The Balaban J connectivity index is 1.56. The SMILES string of the molecule is C[C@@]1(NC(=O)C23C[C@H]4C[C@@H](CC(Br)(C4)C2)C3)CCS(=O)(=O)C1. The first-order valence-corrected chi connectivity index (χ1v) is 10.9. The first kappa shape index (κ1) is 15.4. The Morgan fingerprint density at radius 3 is 2.32 bits per heavy atom. The molecule has 4 bridgehead atoms. The van der Waals surface area contributed by atoms with Crippen LogP contribution in [0.3, 0.4) is 0 Å². The maximum Gasteiger partial charge on any atom is 0.226 e. The minimum absolute atomic E-state index is 0.0914. The van der Waals surface area contributed by atoms with Gasteiger partial charge in [-0.3, -0.25) is 4.79 Å². The van der Waals surface area contributed by atoms with E-state index in [0.29, 0.717) is 18.3 Å². The summed E-state index contributed by atoms with van der Waals surface area (Å²) in [6.07, 6.45) is 7.12. The molecule has 1 aliphatic heterocycles. The molecule has 1 N–H and O–H groups in total. The van der Waals surface area contributed by atoms with Crippen LogP contribution in [0.5, 0.6) is 0 Å². The van der Waals surface area contributed by atoms with Crippen LogP contribution in [-0.4, -0.2) is 35.7 Å². The smallest absolute Gasteiger partial charge is 0.226 e. The van der Waals surface area contributed by atoms with Gasteiger partial charge in [-0.15, -0.1) is 0 Å². The highest BCUT2D eigenvalue weighted by Crippen LogP contribution is 2.64. The summed E-state index contributed by atoms with van der Waals surface area (Å²) in [5.41, 5.74) is -0.832. The molecule has 1 heterocycles. The lowest BCUT2D eigenvalue weighted by Crippen LogP contribution is -2.61. The minimum atomic E-state index is -2.99. The Morgan fingerprint density at radius 2 is 1.82 bits per heavy atom. The molecule has 4 saturated carbocycles. The lowest BCUT2D eigenvalue weighted by Gasteiger charge is -2.59. The fourth-order valence-electron chi connectivity index (χ4n) is 5.93. The number of hydrogen-bond donors (Lipinski definition) is 1. The first-order valence-electron chi connectivity index (χ1n) is 8.33. The summed E-state index contributed by atoms with van der Waals surface area (Å²) in [6, 6.07) is 0. The largest absolute Gasteiger partial charge is 0.349 e.